The molecule has 0 saturated carbocycles. The number of carboxylic acids is 1. The predicted molar refractivity (Wildman–Crippen MR) is 74.3 cm³/mol. The molecule has 0 aliphatic heterocycles. The maximum atomic E-state index is 11.1. The highest BCUT2D eigenvalue weighted by molar-refractivity contribution is 5.95. The van der Waals surface area contributed by atoms with Crippen molar-refractivity contribution in [1.29, 1.82) is 0 Å². The van der Waals surface area contributed by atoms with Crippen molar-refractivity contribution in [2.24, 2.45) is 0 Å². The van der Waals surface area contributed by atoms with Crippen molar-refractivity contribution in [2.75, 3.05) is 25.6 Å². The van der Waals surface area contributed by atoms with Crippen molar-refractivity contribution in [3.8, 4) is 0 Å². The van der Waals surface area contributed by atoms with E-state index >= 15 is 0 Å². The molecule has 0 heterocycles. The largest absolute Gasteiger partial charge is 0.478 e. The summed E-state index contributed by atoms with van der Waals surface area (Å²) in [6, 6.07) is 3.78. The quantitative estimate of drug-likeness (QED) is 0.410. The maximum Gasteiger partial charge on any atom is 0.338 e. The number of benzene rings is 1. The summed E-state index contributed by atoms with van der Waals surface area (Å²) >= 11 is 0. The number of nitro benzene ring substituents is 1. The van der Waals surface area contributed by atoms with Gasteiger partial charge in [-0.05, 0) is 25.3 Å². The number of aromatic carboxylic acids is 1. The van der Waals surface area contributed by atoms with Gasteiger partial charge in [-0.25, -0.2) is 4.79 Å². The van der Waals surface area contributed by atoms with E-state index in [2.05, 4.69) is 5.32 Å². The Balaban J connectivity index is 2.60. The van der Waals surface area contributed by atoms with E-state index in [4.69, 9.17) is 9.84 Å². The van der Waals surface area contributed by atoms with E-state index in [9.17, 15) is 14.9 Å². The summed E-state index contributed by atoms with van der Waals surface area (Å²) in [5.41, 5.74) is 0.0824. The van der Waals surface area contributed by atoms with E-state index in [-0.39, 0.29) is 11.3 Å². The molecule has 1 aromatic rings. The van der Waals surface area contributed by atoms with Gasteiger partial charge < -0.3 is 15.2 Å². The lowest BCUT2D eigenvalue weighted by atomic mass is 10.1. The van der Waals surface area contributed by atoms with Crippen LogP contribution in [0, 0.1) is 10.1 Å². The van der Waals surface area contributed by atoms with Crippen molar-refractivity contribution in [3.05, 3.63) is 33.9 Å². The lowest BCUT2D eigenvalue weighted by molar-refractivity contribution is -0.384. The highest BCUT2D eigenvalue weighted by Gasteiger charge is 2.15. The minimum Gasteiger partial charge on any atom is -0.478 e. The molecule has 110 valence electrons. The first-order chi connectivity index (χ1) is 9.56. The van der Waals surface area contributed by atoms with Gasteiger partial charge in [0.25, 0.3) is 5.69 Å². The molecule has 20 heavy (non-hydrogen) atoms. The number of ether oxygens (including phenoxy) is 1. The average Bonchev–Trinajstić information content (AvgIpc) is 2.42. The third-order valence-electron chi connectivity index (χ3n) is 2.79. The highest BCUT2D eigenvalue weighted by atomic mass is 16.6. The molecule has 0 saturated heterocycles. The molecule has 1 rings (SSSR count). The van der Waals surface area contributed by atoms with E-state index in [1.807, 2.05) is 0 Å². The van der Waals surface area contributed by atoms with Gasteiger partial charge in [-0.15, -0.1) is 0 Å². The van der Waals surface area contributed by atoms with Crippen LogP contribution in [0.15, 0.2) is 18.2 Å². The van der Waals surface area contributed by atoms with Gasteiger partial charge in [0.2, 0.25) is 0 Å². The standard InChI is InChI=1S/C13H18N2O5/c1-20-8-4-2-3-7-14-12-6-5-10(15(18)19)9-11(12)13(16)17/h5-6,9,14H,2-4,7-8H2,1H3,(H,16,17). The first-order valence-corrected chi connectivity index (χ1v) is 6.30. The summed E-state index contributed by atoms with van der Waals surface area (Å²) in [7, 11) is 1.65. The van der Waals surface area contributed by atoms with Crippen molar-refractivity contribution >= 4 is 17.3 Å². The van der Waals surface area contributed by atoms with Gasteiger partial charge in [-0.3, -0.25) is 10.1 Å². The lowest BCUT2D eigenvalue weighted by Crippen LogP contribution is -2.08. The van der Waals surface area contributed by atoms with Gasteiger partial charge in [0.15, 0.2) is 0 Å². The fourth-order valence-corrected chi connectivity index (χ4v) is 1.75. The summed E-state index contributed by atoms with van der Waals surface area (Å²) in [5.74, 6) is -1.18. The van der Waals surface area contributed by atoms with Crippen LogP contribution < -0.4 is 5.32 Å². The number of anilines is 1. The van der Waals surface area contributed by atoms with Crippen LogP contribution in [0.25, 0.3) is 0 Å². The van der Waals surface area contributed by atoms with Crippen LogP contribution in [0.2, 0.25) is 0 Å². The van der Waals surface area contributed by atoms with E-state index in [1.165, 1.54) is 12.1 Å². The predicted octanol–water partition coefficient (Wildman–Crippen LogP) is 2.52. The van der Waals surface area contributed by atoms with Crippen LogP contribution in [0.5, 0.6) is 0 Å². The number of carboxylic acid groups (broad SMARTS) is 1. The Morgan fingerprint density at radius 3 is 2.75 bits per heavy atom. The number of non-ortho nitro benzene ring substituents is 1. The molecule has 0 aromatic heterocycles. The molecule has 0 aliphatic rings. The Bertz CT molecular complexity index is 476. The minimum absolute atomic E-state index is 0.0870. The number of nitro groups is 1. The number of methoxy groups -OCH3 is 1. The summed E-state index contributed by atoms with van der Waals surface area (Å²) in [4.78, 5) is 21.1. The second kappa shape index (κ2) is 8.11. The Hall–Kier alpha value is -2.15. The van der Waals surface area contributed by atoms with Gasteiger partial charge in [0, 0.05) is 38.1 Å². The molecule has 7 nitrogen and oxygen atoms in total. The fourth-order valence-electron chi connectivity index (χ4n) is 1.75. The van der Waals surface area contributed by atoms with Gasteiger partial charge in [-0.1, -0.05) is 0 Å². The molecule has 1 aromatic carbocycles. The van der Waals surface area contributed by atoms with E-state index in [0.717, 1.165) is 25.3 Å². The van der Waals surface area contributed by atoms with Crippen molar-refractivity contribution in [3.63, 3.8) is 0 Å². The molecule has 0 unspecified atom stereocenters. The Labute approximate surface area is 116 Å². The zero-order chi connectivity index (χ0) is 15.0. The third-order valence-corrected chi connectivity index (χ3v) is 2.79. The first kappa shape index (κ1) is 15.9. The topological polar surface area (TPSA) is 102 Å². The summed E-state index contributed by atoms with van der Waals surface area (Å²) in [6.45, 7) is 1.32. The van der Waals surface area contributed by atoms with Crippen LogP contribution in [0.1, 0.15) is 29.6 Å². The molecular weight excluding hydrogens is 264 g/mol. The molecule has 0 bridgehead atoms. The normalized spacial score (nSPS) is 10.2. The number of hydrogen-bond acceptors (Lipinski definition) is 5. The molecule has 0 fully saturated rings. The van der Waals surface area contributed by atoms with Crippen LogP contribution >= 0.6 is 0 Å². The molecule has 7 heteroatoms. The molecular formula is C13H18N2O5. The smallest absolute Gasteiger partial charge is 0.338 e. The number of unbranched alkanes of at least 4 members (excludes halogenated alkanes) is 2. The van der Waals surface area contributed by atoms with E-state index < -0.39 is 10.9 Å². The summed E-state index contributed by atoms with van der Waals surface area (Å²) < 4.78 is 4.93. The highest BCUT2D eigenvalue weighted by Crippen LogP contribution is 2.22. The Morgan fingerprint density at radius 2 is 2.15 bits per heavy atom. The Kier molecular flexibility index (Phi) is 6.45. The second-order valence-electron chi connectivity index (χ2n) is 4.27. The van der Waals surface area contributed by atoms with Crippen molar-refractivity contribution < 1.29 is 19.6 Å². The second-order valence-corrected chi connectivity index (χ2v) is 4.27. The van der Waals surface area contributed by atoms with E-state index in [0.29, 0.717) is 18.8 Å². The molecule has 2 N–H and O–H groups in total. The average molecular weight is 282 g/mol. The van der Waals surface area contributed by atoms with Gasteiger partial charge >= 0.3 is 5.97 Å². The minimum atomic E-state index is -1.18. The summed E-state index contributed by atoms with van der Waals surface area (Å²) in [5, 5.41) is 22.7. The van der Waals surface area contributed by atoms with Crippen molar-refractivity contribution in [2.45, 2.75) is 19.3 Å². The molecule has 0 radical (unpaired) electrons. The number of nitrogens with zero attached hydrogens (tertiary/aromatic N) is 1. The third kappa shape index (κ3) is 4.85. The van der Waals surface area contributed by atoms with Crippen LogP contribution in [-0.4, -0.2) is 36.3 Å². The number of hydrogen-bond donors (Lipinski definition) is 2. The number of rotatable bonds is 9. The Morgan fingerprint density at radius 1 is 1.40 bits per heavy atom. The zero-order valence-electron chi connectivity index (χ0n) is 11.3. The van der Waals surface area contributed by atoms with Crippen molar-refractivity contribution in [1.82, 2.24) is 0 Å². The maximum absolute atomic E-state index is 11.1. The molecule has 0 aliphatic carbocycles. The number of carbonyl (C=O) groups is 1. The first-order valence-electron chi connectivity index (χ1n) is 6.30. The molecule has 0 amide bonds. The van der Waals surface area contributed by atoms with Crippen LogP contribution in [0.4, 0.5) is 11.4 Å². The SMILES string of the molecule is COCCCCCNc1ccc([N+](=O)[O-])cc1C(=O)O. The van der Waals surface area contributed by atoms with Gasteiger partial charge in [-0.2, -0.15) is 0 Å². The lowest BCUT2D eigenvalue weighted by Gasteiger charge is -2.09. The fraction of sp³-hybridized carbons (Fsp3) is 0.462. The van der Waals surface area contributed by atoms with E-state index in [1.54, 1.807) is 7.11 Å². The van der Waals surface area contributed by atoms with Gasteiger partial charge in [0.1, 0.15) is 0 Å². The zero-order valence-corrected chi connectivity index (χ0v) is 11.3. The number of nitrogens with one attached hydrogen (secondary N) is 1. The monoisotopic (exact) mass is 282 g/mol. The molecule has 0 spiro atoms. The van der Waals surface area contributed by atoms with Crippen LogP contribution in [0.3, 0.4) is 0 Å². The van der Waals surface area contributed by atoms with Gasteiger partial charge in [0.05, 0.1) is 10.5 Å². The van der Waals surface area contributed by atoms with Crippen LogP contribution in [-0.2, 0) is 4.74 Å². The summed E-state index contributed by atoms with van der Waals surface area (Å²) in [6.07, 6.45) is 2.79. The molecule has 0 atom stereocenters.